The summed E-state index contributed by atoms with van der Waals surface area (Å²) >= 11 is 0. The van der Waals surface area contributed by atoms with Gasteiger partial charge in [-0.25, -0.2) is 0 Å². The van der Waals surface area contributed by atoms with Crippen LogP contribution < -0.4 is 16.2 Å². The van der Waals surface area contributed by atoms with Crippen molar-refractivity contribution >= 4 is 17.7 Å². The van der Waals surface area contributed by atoms with E-state index < -0.39 is 17.9 Å². The molecule has 22 heavy (non-hydrogen) atoms. The van der Waals surface area contributed by atoms with Crippen molar-refractivity contribution in [2.45, 2.75) is 13.0 Å². The van der Waals surface area contributed by atoms with Crippen molar-refractivity contribution < 1.29 is 14.4 Å². The second-order valence-corrected chi connectivity index (χ2v) is 4.59. The number of hydrogen-bond donors (Lipinski definition) is 4. The Labute approximate surface area is 127 Å². The van der Waals surface area contributed by atoms with Crippen LogP contribution >= 0.6 is 0 Å². The third kappa shape index (κ3) is 3.95. The van der Waals surface area contributed by atoms with Crippen molar-refractivity contribution in [3.63, 3.8) is 0 Å². The van der Waals surface area contributed by atoms with Gasteiger partial charge in [0.2, 0.25) is 0 Å². The first-order valence-corrected chi connectivity index (χ1v) is 6.67. The molecule has 0 spiro atoms. The number of amides is 3. The number of H-pyrrole nitrogens is 1. The highest BCUT2D eigenvalue weighted by molar-refractivity contribution is 5.98. The van der Waals surface area contributed by atoms with Crippen molar-refractivity contribution in [3.05, 3.63) is 59.9 Å². The predicted molar refractivity (Wildman–Crippen MR) is 79.8 cm³/mol. The Kier molecular flexibility index (Phi) is 4.92. The Morgan fingerprint density at radius 1 is 0.955 bits per heavy atom. The van der Waals surface area contributed by atoms with Gasteiger partial charge in [0, 0.05) is 11.8 Å². The zero-order valence-corrected chi connectivity index (χ0v) is 11.9. The summed E-state index contributed by atoms with van der Waals surface area (Å²) in [5, 5.41) is 2.54. The maximum Gasteiger partial charge on any atom is 0.286 e. The van der Waals surface area contributed by atoms with E-state index in [1.54, 1.807) is 48.7 Å². The first kappa shape index (κ1) is 15.3. The van der Waals surface area contributed by atoms with Crippen LogP contribution in [0.2, 0.25) is 0 Å². The molecule has 4 N–H and O–H groups in total. The topological polar surface area (TPSA) is 103 Å². The zero-order valence-electron chi connectivity index (χ0n) is 11.9. The summed E-state index contributed by atoms with van der Waals surface area (Å²) in [6, 6.07) is 11.0. The molecule has 0 aliphatic heterocycles. The summed E-state index contributed by atoms with van der Waals surface area (Å²) in [6.45, 7) is 1.52. The van der Waals surface area contributed by atoms with Crippen LogP contribution in [-0.4, -0.2) is 28.7 Å². The quantitative estimate of drug-likeness (QED) is 0.621. The number of carbonyl (C=O) groups is 3. The maximum atomic E-state index is 11.9. The summed E-state index contributed by atoms with van der Waals surface area (Å²) in [5.74, 6) is -1.36. The van der Waals surface area contributed by atoms with Crippen molar-refractivity contribution in [2.24, 2.45) is 0 Å². The lowest BCUT2D eigenvalue weighted by Gasteiger charge is -2.14. The molecule has 3 amide bonds. The van der Waals surface area contributed by atoms with Gasteiger partial charge >= 0.3 is 0 Å². The normalized spacial score (nSPS) is 11.3. The first-order valence-electron chi connectivity index (χ1n) is 6.67. The van der Waals surface area contributed by atoms with E-state index in [0.29, 0.717) is 11.3 Å². The third-order valence-corrected chi connectivity index (χ3v) is 2.92. The summed E-state index contributed by atoms with van der Waals surface area (Å²) in [5.41, 5.74) is 5.29. The smallest absolute Gasteiger partial charge is 0.286 e. The van der Waals surface area contributed by atoms with Gasteiger partial charge in [-0.2, -0.15) is 0 Å². The molecule has 1 atom stereocenters. The van der Waals surface area contributed by atoms with E-state index in [4.69, 9.17) is 0 Å². The minimum Gasteiger partial charge on any atom is -0.357 e. The molecular weight excluding hydrogens is 284 g/mol. The molecule has 2 aromatic rings. The summed E-state index contributed by atoms with van der Waals surface area (Å²) in [4.78, 5) is 38.1. The highest BCUT2D eigenvalue weighted by Crippen LogP contribution is 1.98. The van der Waals surface area contributed by atoms with Gasteiger partial charge in [-0.15, -0.1) is 0 Å². The fraction of sp³-hybridized carbons (Fsp3) is 0.133. The molecular formula is C15H16N4O3. The molecule has 7 heteroatoms. The average molecular weight is 300 g/mol. The van der Waals surface area contributed by atoms with Gasteiger partial charge in [0.25, 0.3) is 17.7 Å². The molecule has 1 aromatic heterocycles. The predicted octanol–water partition coefficient (Wildman–Crippen LogP) is 0.594. The van der Waals surface area contributed by atoms with Crippen LogP contribution in [0.15, 0.2) is 48.7 Å². The van der Waals surface area contributed by atoms with Gasteiger partial charge in [-0.1, -0.05) is 18.2 Å². The molecule has 2 rings (SSSR count). The minimum atomic E-state index is -0.795. The molecule has 7 nitrogen and oxygen atoms in total. The monoisotopic (exact) mass is 300 g/mol. The molecule has 0 saturated carbocycles. The fourth-order valence-electron chi connectivity index (χ4n) is 1.70. The Bertz CT molecular complexity index is 653. The number of hydrazine groups is 1. The van der Waals surface area contributed by atoms with Gasteiger partial charge in [0.05, 0.1) is 0 Å². The molecule has 1 unspecified atom stereocenters. The Morgan fingerprint density at radius 3 is 2.32 bits per heavy atom. The number of benzene rings is 1. The number of nitrogens with one attached hydrogen (secondary N) is 4. The lowest BCUT2D eigenvalue weighted by Crippen LogP contribution is -2.51. The lowest BCUT2D eigenvalue weighted by atomic mass is 10.2. The Hall–Kier alpha value is -3.09. The lowest BCUT2D eigenvalue weighted by molar-refractivity contribution is -0.123. The highest BCUT2D eigenvalue weighted by Gasteiger charge is 2.17. The SMILES string of the molecule is CC(NC(=O)c1ccccc1)C(=O)NNC(=O)c1ccc[nH]1. The van der Waals surface area contributed by atoms with Gasteiger partial charge in [-0.3, -0.25) is 25.2 Å². The van der Waals surface area contributed by atoms with E-state index in [9.17, 15) is 14.4 Å². The molecule has 1 heterocycles. The second-order valence-electron chi connectivity index (χ2n) is 4.59. The van der Waals surface area contributed by atoms with E-state index in [1.165, 1.54) is 6.92 Å². The van der Waals surface area contributed by atoms with E-state index in [2.05, 4.69) is 21.2 Å². The minimum absolute atomic E-state index is 0.321. The van der Waals surface area contributed by atoms with Crippen molar-refractivity contribution in [3.8, 4) is 0 Å². The second kappa shape index (κ2) is 7.07. The summed E-state index contributed by atoms with van der Waals surface area (Å²) in [7, 11) is 0. The van der Waals surface area contributed by atoms with E-state index in [1.807, 2.05) is 0 Å². The molecule has 114 valence electrons. The Morgan fingerprint density at radius 2 is 1.68 bits per heavy atom. The number of hydrogen-bond acceptors (Lipinski definition) is 3. The zero-order chi connectivity index (χ0) is 15.9. The highest BCUT2D eigenvalue weighted by atomic mass is 16.2. The first-order chi connectivity index (χ1) is 10.6. The van der Waals surface area contributed by atoms with Crippen LogP contribution in [0.25, 0.3) is 0 Å². The third-order valence-electron chi connectivity index (χ3n) is 2.92. The van der Waals surface area contributed by atoms with Crippen LogP contribution in [0.4, 0.5) is 0 Å². The van der Waals surface area contributed by atoms with Gasteiger partial charge in [0.1, 0.15) is 11.7 Å². The Balaban J connectivity index is 1.82. The van der Waals surface area contributed by atoms with Crippen molar-refractivity contribution in [1.29, 1.82) is 0 Å². The number of rotatable bonds is 4. The molecule has 1 aromatic carbocycles. The summed E-state index contributed by atoms with van der Waals surface area (Å²) < 4.78 is 0. The number of carbonyl (C=O) groups excluding carboxylic acids is 3. The summed E-state index contributed by atoms with van der Waals surface area (Å²) in [6.07, 6.45) is 1.60. The van der Waals surface area contributed by atoms with E-state index in [0.717, 1.165) is 0 Å². The molecule has 0 bridgehead atoms. The molecule has 0 saturated heterocycles. The van der Waals surface area contributed by atoms with E-state index >= 15 is 0 Å². The van der Waals surface area contributed by atoms with Gasteiger partial charge in [0.15, 0.2) is 0 Å². The maximum absolute atomic E-state index is 11.9. The number of aromatic amines is 1. The van der Waals surface area contributed by atoms with Gasteiger partial charge < -0.3 is 10.3 Å². The van der Waals surface area contributed by atoms with Crippen LogP contribution in [0.5, 0.6) is 0 Å². The average Bonchev–Trinajstić information content (AvgIpc) is 3.07. The number of aromatic nitrogens is 1. The largest absolute Gasteiger partial charge is 0.357 e. The molecule has 0 fully saturated rings. The van der Waals surface area contributed by atoms with Crippen LogP contribution in [0.1, 0.15) is 27.8 Å². The van der Waals surface area contributed by atoms with Crippen molar-refractivity contribution in [2.75, 3.05) is 0 Å². The van der Waals surface area contributed by atoms with Crippen LogP contribution in [0, 0.1) is 0 Å². The standard InChI is InChI=1S/C15H16N4O3/c1-10(17-14(21)11-6-3-2-4-7-11)13(20)18-19-15(22)12-8-5-9-16-12/h2-10,16H,1H3,(H,17,21)(H,18,20)(H,19,22). The molecule has 0 aliphatic rings. The van der Waals surface area contributed by atoms with Gasteiger partial charge in [-0.05, 0) is 31.2 Å². The molecule has 0 aliphatic carbocycles. The van der Waals surface area contributed by atoms with Crippen LogP contribution in [-0.2, 0) is 4.79 Å². The molecule has 0 radical (unpaired) electrons. The van der Waals surface area contributed by atoms with Crippen LogP contribution in [0.3, 0.4) is 0 Å². The van der Waals surface area contributed by atoms with E-state index in [-0.39, 0.29) is 5.91 Å². The van der Waals surface area contributed by atoms with Crippen molar-refractivity contribution in [1.82, 2.24) is 21.2 Å². The fourth-order valence-corrected chi connectivity index (χ4v) is 1.70.